The average molecular weight is 558 g/mol. The Balaban J connectivity index is 1.32. The van der Waals surface area contributed by atoms with E-state index in [4.69, 9.17) is 9.97 Å². The van der Waals surface area contributed by atoms with Crippen molar-refractivity contribution in [1.82, 2.24) is 15.0 Å². The minimum absolute atomic E-state index is 0.792. The van der Waals surface area contributed by atoms with E-state index in [9.17, 15) is 4.57 Å². The largest absolute Gasteiger partial charge is 0.309 e. The van der Waals surface area contributed by atoms with Crippen LogP contribution in [0, 0.1) is 0 Å². The Hall–Kier alpha value is -5.18. The zero-order chi connectivity index (χ0) is 28.1. The summed E-state index contributed by atoms with van der Waals surface area (Å²) in [5, 5.41) is 6.55. The summed E-state index contributed by atoms with van der Waals surface area (Å²) in [6.45, 7) is 0. The lowest BCUT2D eigenvalue weighted by atomic mass is 10.0. The van der Waals surface area contributed by atoms with E-state index in [2.05, 4.69) is 41.4 Å². The molecule has 4 nitrogen and oxygen atoms in total. The molecular weight excluding hydrogens is 533 g/mol. The summed E-state index contributed by atoms with van der Waals surface area (Å²) in [6, 6.07) is 46.1. The average Bonchev–Trinajstić information content (AvgIpc) is 3.07. The number of benzene rings is 5. The maximum atomic E-state index is 14.8. The molecule has 0 saturated heterocycles. The van der Waals surface area contributed by atoms with Crippen LogP contribution in [0.15, 0.2) is 146 Å². The van der Waals surface area contributed by atoms with Gasteiger partial charge in [-0.3, -0.25) is 4.98 Å². The highest BCUT2D eigenvalue weighted by Gasteiger charge is 2.29. The molecule has 0 amide bonds. The minimum atomic E-state index is -3.06. The van der Waals surface area contributed by atoms with Crippen molar-refractivity contribution >= 4 is 66.7 Å². The van der Waals surface area contributed by atoms with Crippen LogP contribution in [0.5, 0.6) is 0 Å². The van der Waals surface area contributed by atoms with Gasteiger partial charge in [0.15, 0.2) is 7.14 Å². The van der Waals surface area contributed by atoms with E-state index in [1.165, 1.54) is 0 Å². The number of rotatable bonds is 4. The number of hydrogen-bond acceptors (Lipinski definition) is 4. The van der Waals surface area contributed by atoms with Crippen LogP contribution in [0.1, 0.15) is 0 Å². The van der Waals surface area contributed by atoms with Crippen LogP contribution in [0.25, 0.3) is 54.9 Å². The molecule has 8 aromatic rings. The monoisotopic (exact) mass is 557 g/mol. The van der Waals surface area contributed by atoms with E-state index in [1.807, 2.05) is 109 Å². The molecule has 0 radical (unpaired) electrons. The summed E-state index contributed by atoms with van der Waals surface area (Å²) in [4.78, 5) is 14.9. The first-order chi connectivity index (χ1) is 20.7. The summed E-state index contributed by atoms with van der Waals surface area (Å²) >= 11 is 0. The lowest BCUT2D eigenvalue weighted by Crippen LogP contribution is -2.24. The Morgan fingerprint density at radius 3 is 1.81 bits per heavy atom. The van der Waals surface area contributed by atoms with Gasteiger partial charge in [0.05, 0.1) is 27.8 Å². The van der Waals surface area contributed by atoms with Crippen LogP contribution in [-0.4, -0.2) is 15.0 Å². The van der Waals surface area contributed by atoms with Crippen molar-refractivity contribution in [3.8, 4) is 11.3 Å². The maximum absolute atomic E-state index is 14.8. The summed E-state index contributed by atoms with van der Waals surface area (Å²) < 4.78 is 14.8. The molecule has 0 bridgehead atoms. The predicted molar refractivity (Wildman–Crippen MR) is 175 cm³/mol. The fourth-order valence-corrected chi connectivity index (χ4v) is 8.54. The Morgan fingerprint density at radius 1 is 0.476 bits per heavy atom. The van der Waals surface area contributed by atoms with Gasteiger partial charge in [-0.05, 0) is 12.1 Å². The van der Waals surface area contributed by atoms with Gasteiger partial charge in [-0.25, -0.2) is 9.97 Å². The van der Waals surface area contributed by atoms with Crippen molar-refractivity contribution in [3.63, 3.8) is 0 Å². The van der Waals surface area contributed by atoms with Crippen LogP contribution in [0.2, 0.25) is 0 Å². The molecule has 0 N–H and O–H groups in total. The van der Waals surface area contributed by atoms with Gasteiger partial charge in [0, 0.05) is 49.2 Å². The van der Waals surface area contributed by atoms with Gasteiger partial charge < -0.3 is 4.57 Å². The highest BCUT2D eigenvalue weighted by atomic mass is 31.2. The third-order valence-electron chi connectivity index (χ3n) is 7.95. The van der Waals surface area contributed by atoms with Gasteiger partial charge in [-0.1, -0.05) is 127 Å². The molecule has 0 aliphatic carbocycles. The van der Waals surface area contributed by atoms with Crippen molar-refractivity contribution in [2.24, 2.45) is 0 Å². The molecule has 0 fully saturated rings. The van der Waals surface area contributed by atoms with E-state index >= 15 is 0 Å². The highest BCUT2D eigenvalue weighted by Crippen LogP contribution is 2.43. The first-order valence-electron chi connectivity index (χ1n) is 13.9. The molecule has 0 aliphatic rings. The van der Waals surface area contributed by atoms with Gasteiger partial charge in [-0.15, -0.1) is 0 Å². The minimum Gasteiger partial charge on any atom is -0.309 e. The van der Waals surface area contributed by atoms with E-state index < -0.39 is 7.14 Å². The molecule has 8 rings (SSSR count). The van der Waals surface area contributed by atoms with Gasteiger partial charge in [0.2, 0.25) is 0 Å². The van der Waals surface area contributed by atoms with Gasteiger partial charge >= 0.3 is 0 Å². The summed E-state index contributed by atoms with van der Waals surface area (Å²) in [6.07, 6.45) is 1.81. The Labute approximate surface area is 242 Å². The second-order valence-electron chi connectivity index (χ2n) is 10.4. The van der Waals surface area contributed by atoms with Crippen molar-refractivity contribution in [2.75, 3.05) is 0 Å². The van der Waals surface area contributed by atoms with E-state index in [0.29, 0.717) is 0 Å². The van der Waals surface area contributed by atoms with Crippen molar-refractivity contribution in [2.45, 2.75) is 0 Å². The maximum Gasteiger partial charge on any atom is 0.171 e. The highest BCUT2D eigenvalue weighted by molar-refractivity contribution is 7.85. The van der Waals surface area contributed by atoms with Gasteiger partial charge in [-0.2, -0.15) is 0 Å². The molecule has 3 heterocycles. The van der Waals surface area contributed by atoms with Crippen LogP contribution < -0.4 is 15.9 Å². The number of aromatic nitrogens is 3. The molecule has 0 unspecified atom stereocenters. The zero-order valence-electron chi connectivity index (χ0n) is 22.6. The molecular formula is C37H24N3OP. The summed E-state index contributed by atoms with van der Waals surface area (Å²) in [5.41, 5.74) is 5.29. The number of pyridine rings is 3. The van der Waals surface area contributed by atoms with Crippen LogP contribution >= 0.6 is 7.14 Å². The van der Waals surface area contributed by atoms with Crippen molar-refractivity contribution in [3.05, 3.63) is 146 Å². The van der Waals surface area contributed by atoms with E-state index in [-0.39, 0.29) is 0 Å². The number of nitrogens with zero attached hydrogens (tertiary/aromatic N) is 3. The Morgan fingerprint density at radius 2 is 1.10 bits per heavy atom. The summed E-state index contributed by atoms with van der Waals surface area (Å²) in [5.74, 6) is 0. The Kier molecular flexibility index (Phi) is 5.70. The zero-order valence-corrected chi connectivity index (χ0v) is 23.4. The van der Waals surface area contributed by atoms with Gasteiger partial charge in [0.1, 0.15) is 0 Å². The standard InChI is InChI=1S/C37H24N3OP/c41-42(28-11-3-1-4-12-28,29-13-5-2-6-14-29)30-21-19-26(20-22-30)34-31-15-7-8-16-32(31)37-33(39-34)24-27-18-17-25-10-9-23-38-35(25)36(27)40-37/h1-24H. The fourth-order valence-electron chi connectivity index (χ4n) is 5.90. The fraction of sp³-hybridized carbons (Fsp3) is 0. The predicted octanol–water partition coefficient (Wildman–Crippen LogP) is 7.79. The van der Waals surface area contributed by atoms with Crippen LogP contribution in [-0.2, 0) is 4.57 Å². The molecule has 42 heavy (non-hydrogen) atoms. The molecule has 3 aromatic heterocycles. The lowest BCUT2D eigenvalue weighted by molar-refractivity contribution is 0.592. The molecule has 0 aliphatic heterocycles. The first kappa shape index (κ1) is 24.6. The SMILES string of the molecule is O=P(c1ccccc1)(c1ccccc1)c1ccc(-c2nc3cc4ccc5cccnc5c4nc3c3ccccc23)cc1. The van der Waals surface area contributed by atoms with E-state index in [0.717, 1.165) is 70.8 Å². The molecule has 5 aromatic carbocycles. The normalized spacial score (nSPS) is 11.9. The topological polar surface area (TPSA) is 55.7 Å². The van der Waals surface area contributed by atoms with Crippen molar-refractivity contribution < 1.29 is 4.57 Å². The smallest absolute Gasteiger partial charge is 0.171 e. The summed E-state index contributed by atoms with van der Waals surface area (Å²) in [7, 11) is -3.06. The van der Waals surface area contributed by atoms with E-state index in [1.54, 1.807) is 0 Å². The quantitative estimate of drug-likeness (QED) is 0.126. The van der Waals surface area contributed by atoms with Gasteiger partial charge in [0.25, 0.3) is 0 Å². The molecule has 0 saturated carbocycles. The third kappa shape index (κ3) is 3.84. The molecule has 0 atom stereocenters. The molecule has 0 spiro atoms. The second kappa shape index (κ2) is 9.73. The third-order valence-corrected chi connectivity index (χ3v) is 11.0. The Bertz CT molecular complexity index is 2280. The van der Waals surface area contributed by atoms with Crippen LogP contribution in [0.4, 0.5) is 0 Å². The molecule has 5 heteroatoms. The molecule has 198 valence electrons. The number of fused-ring (bicyclic) bond motifs is 6. The second-order valence-corrected chi connectivity index (χ2v) is 13.2. The first-order valence-corrected chi connectivity index (χ1v) is 15.6. The lowest BCUT2D eigenvalue weighted by Gasteiger charge is -2.20. The number of hydrogen-bond donors (Lipinski definition) is 0. The van der Waals surface area contributed by atoms with Crippen molar-refractivity contribution in [1.29, 1.82) is 0 Å². The van der Waals surface area contributed by atoms with Crippen LogP contribution in [0.3, 0.4) is 0 Å².